The zero-order valence-electron chi connectivity index (χ0n) is 23.0. The Bertz CT molecular complexity index is 1110. The van der Waals surface area contributed by atoms with E-state index in [1.165, 1.54) is 29.5 Å². The van der Waals surface area contributed by atoms with E-state index in [1.807, 2.05) is 0 Å². The van der Waals surface area contributed by atoms with Crippen molar-refractivity contribution >= 4 is 30.2 Å². The van der Waals surface area contributed by atoms with Crippen LogP contribution in [0.1, 0.15) is 44.7 Å². The molecule has 1 saturated heterocycles. The molecule has 1 fully saturated rings. The highest BCUT2D eigenvalue weighted by Gasteiger charge is 2.34. The quantitative estimate of drug-likeness (QED) is 0.237. The second-order valence-electron chi connectivity index (χ2n) is 9.67. The normalized spacial score (nSPS) is 14.4. The molecule has 1 heterocycles. The molecule has 3 rings (SSSR count). The SMILES string of the molecule is CC(=O)NCCOC=O.Cc1ccc(SN2CCC(NC(=O)C(C)(C)Oc3cccc(C(F)(F)F)c3)CC2)cc1. The molecule has 8 nitrogen and oxygen atoms in total. The third-order valence-electron chi connectivity index (χ3n) is 5.79. The number of hydrogen-bond donors (Lipinski definition) is 2. The topological polar surface area (TPSA) is 97.0 Å². The van der Waals surface area contributed by atoms with Crippen molar-refractivity contribution in [3.05, 3.63) is 59.7 Å². The second-order valence-corrected chi connectivity index (χ2v) is 10.8. The molecular formula is C28H36F3N3O5S. The van der Waals surface area contributed by atoms with E-state index in [0.717, 1.165) is 38.1 Å². The summed E-state index contributed by atoms with van der Waals surface area (Å²) < 4.78 is 50.9. The number of hydrogen-bond acceptors (Lipinski definition) is 7. The lowest BCUT2D eigenvalue weighted by Crippen LogP contribution is -2.52. The first-order valence-electron chi connectivity index (χ1n) is 12.8. The smallest absolute Gasteiger partial charge is 0.416 e. The maximum Gasteiger partial charge on any atom is 0.416 e. The number of amides is 2. The number of aryl methyl sites for hydroxylation is 1. The molecule has 0 radical (unpaired) electrons. The lowest BCUT2D eigenvalue weighted by atomic mass is 10.0. The fourth-order valence-electron chi connectivity index (χ4n) is 3.61. The lowest BCUT2D eigenvalue weighted by Gasteiger charge is -2.33. The summed E-state index contributed by atoms with van der Waals surface area (Å²) in [6, 6.07) is 13.0. The van der Waals surface area contributed by atoms with Crippen molar-refractivity contribution < 1.29 is 37.0 Å². The van der Waals surface area contributed by atoms with Crippen molar-refractivity contribution in [1.29, 1.82) is 0 Å². The number of carbonyl (C=O) groups is 3. The number of ether oxygens (including phenoxy) is 2. The van der Waals surface area contributed by atoms with E-state index in [2.05, 4.69) is 50.9 Å². The summed E-state index contributed by atoms with van der Waals surface area (Å²) in [5, 5.41) is 5.45. The van der Waals surface area contributed by atoms with Gasteiger partial charge in [0.1, 0.15) is 12.4 Å². The van der Waals surface area contributed by atoms with E-state index in [9.17, 15) is 27.6 Å². The summed E-state index contributed by atoms with van der Waals surface area (Å²) in [5.41, 5.74) is -0.877. The molecule has 2 aromatic rings. The maximum absolute atomic E-state index is 12.9. The van der Waals surface area contributed by atoms with E-state index in [0.29, 0.717) is 13.0 Å². The van der Waals surface area contributed by atoms with Gasteiger partial charge in [-0.05, 0) is 75.9 Å². The first kappa shape index (κ1) is 33.0. The van der Waals surface area contributed by atoms with Gasteiger partial charge >= 0.3 is 6.18 Å². The van der Waals surface area contributed by atoms with Gasteiger partial charge in [0.2, 0.25) is 5.91 Å². The van der Waals surface area contributed by atoms with Crippen molar-refractivity contribution in [2.45, 2.75) is 63.3 Å². The van der Waals surface area contributed by atoms with Gasteiger partial charge in [0.25, 0.3) is 12.4 Å². The molecule has 1 aliphatic heterocycles. The molecule has 2 amide bonds. The zero-order chi connectivity index (χ0) is 29.8. The molecule has 0 bridgehead atoms. The molecule has 12 heteroatoms. The number of piperidine rings is 1. The molecule has 220 valence electrons. The number of alkyl halides is 3. The lowest BCUT2D eigenvalue weighted by molar-refractivity contribution is -0.138. The molecule has 40 heavy (non-hydrogen) atoms. The molecule has 1 aliphatic rings. The van der Waals surface area contributed by atoms with Crippen LogP contribution >= 0.6 is 11.9 Å². The highest BCUT2D eigenvalue weighted by Crippen LogP contribution is 2.32. The Labute approximate surface area is 237 Å². The van der Waals surface area contributed by atoms with Crippen LogP contribution in [0.4, 0.5) is 13.2 Å². The molecule has 0 atom stereocenters. The van der Waals surface area contributed by atoms with Gasteiger partial charge in [0, 0.05) is 31.0 Å². The molecule has 0 unspecified atom stereocenters. The number of halogens is 3. The number of nitrogens with one attached hydrogen (secondary N) is 2. The van der Waals surface area contributed by atoms with Gasteiger partial charge in [0.05, 0.1) is 12.1 Å². The van der Waals surface area contributed by atoms with Crippen molar-refractivity contribution in [3.8, 4) is 5.75 Å². The van der Waals surface area contributed by atoms with Gasteiger partial charge in [-0.25, -0.2) is 4.31 Å². The van der Waals surface area contributed by atoms with Crippen LogP contribution in [0.15, 0.2) is 53.4 Å². The highest BCUT2D eigenvalue weighted by molar-refractivity contribution is 7.97. The summed E-state index contributed by atoms with van der Waals surface area (Å²) in [6.45, 7) is 9.22. The fraction of sp³-hybridized carbons (Fsp3) is 0.464. The molecule has 0 aromatic heterocycles. The van der Waals surface area contributed by atoms with Crippen LogP contribution in [-0.2, 0) is 25.3 Å². The van der Waals surface area contributed by atoms with Crippen LogP contribution in [0.25, 0.3) is 0 Å². The number of benzene rings is 2. The maximum atomic E-state index is 12.9. The number of carbonyl (C=O) groups excluding carboxylic acids is 3. The van der Waals surface area contributed by atoms with E-state index in [4.69, 9.17) is 4.74 Å². The standard InChI is InChI=1S/C23H27F3N2O2S.C5H9NO3/c1-16-7-9-20(10-8-16)31-28-13-11-18(12-14-28)27-21(29)22(2,3)30-19-6-4-5-17(15-19)23(24,25)26;1-5(8)6-2-3-9-4-7/h4-10,15,18H,11-14H2,1-3H3,(H,27,29);4H,2-3H2,1H3,(H,6,8). The fourth-order valence-corrected chi connectivity index (χ4v) is 4.56. The molecule has 0 aliphatic carbocycles. The molecule has 0 spiro atoms. The minimum Gasteiger partial charge on any atom is -0.478 e. The Kier molecular flexibility index (Phi) is 12.8. The largest absolute Gasteiger partial charge is 0.478 e. The highest BCUT2D eigenvalue weighted by atomic mass is 32.2. The monoisotopic (exact) mass is 583 g/mol. The van der Waals surface area contributed by atoms with Crippen LogP contribution in [0, 0.1) is 6.92 Å². The van der Waals surface area contributed by atoms with Crippen LogP contribution in [0.2, 0.25) is 0 Å². The molecule has 2 aromatic carbocycles. The van der Waals surface area contributed by atoms with Crippen LogP contribution < -0.4 is 15.4 Å². The van der Waals surface area contributed by atoms with Crippen molar-refractivity contribution in [1.82, 2.24) is 14.9 Å². The minimum atomic E-state index is -4.46. The van der Waals surface area contributed by atoms with Crippen molar-refractivity contribution in [2.75, 3.05) is 26.2 Å². The molecule has 0 saturated carbocycles. The second kappa shape index (κ2) is 15.5. The summed E-state index contributed by atoms with van der Waals surface area (Å²) >= 11 is 1.71. The number of nitrogens with zero attached hydrogens (tertiary/aromatic N) is 1. The van der Waals surface area contributed by atoms with Gasteiger partial charge in [-0.3, -0.25) is 14.4 Å². The van der Waals surface area contributed by atoms with Crippen molar-refractivity contribution in [2.24, 2.45) is 0 Å². The van der Waals surface area contributed by atoms with Crippen molar-refractivity contribution in [3.63, 3.8) is 0 Å². The Morgan fingerprint density at radius 1 is 1.10 bits per heavy atom. The van der Waals surface area contributed by atoms with Crippen LogP contribution in [0.5, 0.6) is 5.75 Å². The molecule has 2 N–H and O–H groups in total. The van der Waals surface area contributed by atoms with Gasteiger partial charge in [-0.1, -0.05) is 23.8 Å². The predicted octanol–water partition coefficient (Wildman–Crippen LogP) is 4.75. The van der Waals surface area contributed by atoms with Gasteiger partial charge < -0.3 is 20.1 Å². The summed E-state index contributed by atoms with van der Waals surface area (Å²) in [7, 11) is 0. The summed E-state index contributed by atoms with van der Waals surface area (Å²) in [5.74, 6) is -0.446. The molecular weight excluding hydrogens is 547 g/mol. The first-order valence-corrected chi connectivity index (χ1v) is 13.5. The third kappa shape index (κ3) is 11.9. The van der Waals surface area contributed by atoms with Gasteiger partial charge in [-0.2, -0.15) is 13.2 Å². The van der Waals surface area contributed by atoms with Crippen LogP contribution in [-0.4, -0.2) is 60.5 Å². The number of rotatable bonds is 10. The average Bonchev–Trinajstić information content (AvgIpc) is 2.89. The van der Waals surface area contributed by atoms with E-state index in [1.54, 1.807) is 25.8 Å². The van der Waals surface area contributed by atoms with E-state index < -0.39 is 17.3 Å². The summed E-state index contributed by atoms with van der Waals surface area (Å²) in [4.78, 5) is 33.6. The van der Waals surface area contributed by atoms with E-state index >= 15 is 0 Å². The predicted molar refractivity (Wildman–Crippen MR) is 147 cm³/mol. The third-order valence-corrected chi connectivity index (χ3v) is 6.89. The Balaban J connectivity index is 0.000000536. The average molecular weight is 584 g/mol. The minimum absolute atomic E-state index is 0.00625. The Morgan fingerprint density at radius 2 is 1.75 bits per heavy atom. The van der Waals surface area contributed by atoms with Gasteiger partial charge in [-0.15, -0.1) is 0 Å². The Morgan fingerprint density at radius 3 is 2.33 bits per heavy atom. The van der Waals surface area contributed by atoms with Gasteiger partial charge in [0.15, 0.2) is 5.60 Å². The summed E-state index contributed by atoms with van der Waals surface area (Å²) in [6.07, 6.45) is -2.87. The van der Waals surface area contributed by atoms with Crippen LogP contribution in [0.3, 0.4) is 0 Å². The zero-order valence-corrected chi connectivity index (χ0v) is 23.9. The van der Waals surface area contributed by atoms with E-state index in [-0.39, 0.29) is 30.2 Å². The first-order chi connectivity index (χ1) is 18.8. The Hall–Kier alpha value is -3.25.